The van der Waals surface area contributed by atoms with Gasteiger partial charge in [-0.25, -0.2) is 4.98 Å². The van der Waals surface area contributed by atoms with Crippen LogP contribution < -0.4 is 4.90 Å². The summed E-state index contributed by atoms with van der Waals surface area (Å²) in [6.07, 6.45) is 3.54. The maximum atomic E-state index is 10.9. The molecule has 0 spiro atoms. The van der Waals surface area contributed by atoms with Gasteiger partial charge in [0, 0.05) is 38.2 Å². The molecule has 0 N–H and O–H groups in total. The standard InChI is InChI=1S/C13H13N5O2/c1-16-6-5-15-13(16)9-17(2)11-4-3-10(8-14)12(7-11)18(19)20/h3-7H,9H2,1-2H3. The average Bonchev–Trinajstić information content (AvgIpc) is 2.83. The van der Waals surface area contributed by atoms with Crippen LogP contribution in [0.1, 0.15) is 11.4 Å². The predicted molar refractivity (Wildman–Crippen MR) is 73.1 cm³/mol. The van der Waals surface area contributed by atoms with E-state index in [4.69, 9.17) is 5.26 Å². The summed E-state index contributed by atoms with van der Waals surface area (Å²) >= 11 is 0. The summed E-state index contributed by atoms with van der Waals surface area (Å²) in [6.45, 7) is 0.520. The molecule has 0 radical (unpaired) electrons. The van der Waals surface area contributed by atoms with E-state index in [1.54, 1.807) is 12.3 Å². The molecule has 0 aliphatic carbocycles. The van der Waals surface area contributed by atoms with E-state index in [0.717, 1.165) is 5.82 Å². The van der Waals surface area contributed by atoms with Crippen molar-refractivity contribution in [3.8, 4) is 6.07 Å². The zero-order valence-corrected chi connectivity index (χ0v) is 11.1. The van der Waals surface area contributed by atoms with Crippen LogP contribution in [-0.2, 0) is 13.6 Å². The number of rotatable bonds is 4. The zero-order valence-electron chi connectivity index (χ0n) is 11.1. The Kier molecular flexibility index (Phi) is 3.66. The zero-order chi connectivity index (χ0) is 14.7. The fraction of sp³-hybridized carbons (Fsp3) is 0.231. The third-order valence-electron chi connectivity index (χ3n) is 3.04. The summed E-state index contributed by atoms with van der Waals surface area (Å²) in [7, 11) is 3.71. The Bertz CT molecular complexity index is 686. The van der Waals surface area contributed by atoms with Gasteiger partial charge in [0.15, 0.2) is 0 Å². The Labute approximate surface area is 115 Å². The summed E-state index contributed by atoms with van der Waals surface area (Å²) in [5, 5.41) is 19.8. The molecule has 0 amide bonds. The van der Waals surface area contributed by atoms with Crippen LogP contribution in [0, 0.1) is 21.4 Å². The van der Waals surface area contributed by atoms with E-state index in [1.807, 2.05) is 35.8 Å². The van der Waals surface area contributed by atoms with Crippen LogP contribution in [0.2, 0.25) is 0 Å². The van der Waals surface area contributed by atoms with Gasteiger partial charge in [-0.3, -0.25) is 10.1 Å². The van der Waals surface area contributed by atoms with Crippen molar-refractivity contribution >= 4 is 11.4 Å². The summed E-state index contributed by atoms with van der Waals surface area (Å²) in [5.41, 5.74) is 0.541. The first-order valence-electron chi connectivity index (χ1n) is 5.89. The highest BCUT2D eigenvalue weighted by molar-refractivity contribution is 5.60. The minimum atomic E-state index is -0.545. The van der Waals surface area contributed by atoms with E-state index in [1.165, 1.54) is 12.1 Å². The van der Waals surface area contributed by atoms with Crippen molar-refractivity contribution in [2.24, 2.45) is 7.05 Å². The highest BCUT2D eigenvalue weighted by Gasteiger charge is 2.16. The normalized spacial score (nSPS) is 10.1. The smallest absolute Gasteiger partial charge is 0.289 e. The van der Waals surface area contributed by atoms with Crippen molar-refractivity contribution < 1.29 is 4.92 Å². The van der Waals surface area contributed by atoms with E-state index >= 15 is 0 Å². The lowest BCUT2D eigenvalue weighted by Gasteiger charge is -2.18. The number of nitro benzene ring substituents is 1. The van der Waals surface area contributed by atoms with Crippen molar-refractivity contribution in [2.45, 2.75) is 6.54 Å². The monoisotopic (exact) mass is 271 g/mol. The first kappa shape index (κ1) is 13.5. The highest BCUT2D eigenvalue weighted by Crippen LogP contribution is 2.25. The molecule has 7 heteroatoms. The van der Waals surface area contributed by atoms with E-state index in [-0.39, 0.29) is 11.3 Å². The number of nitro groups is 1. The number of hydrogen-bond acceptors (Lipinski definition) is 5. The van der Waals surface area contributed by atoms with Crippen LogP contribution >= 0.6 is 0 Å². The lowest BCUT2D eigenvalue weighted by Crippen LogP contribution is -2.19. The molecule has 1 heterocycles. The number of anilines is 1. The number of hydrogen-bond donors (Lipinski definition) is 0. The van der Waals surface area contributed by atoms with Crippen LogP contribution in [-0.4, -0.2) is 21.5 Å². The lowest BCUT2D eigenvalue weighted by molar-refractivity contribution is -0.385. The van der Waals surface area contributed by atoms with E-state index in [9.17, 15) is 10.1 Å². The number of benzene rings is 1. The highest BCUT2D eigenvalue weighted by atomic mass is 16.6. The summed E-state index contributed by atoms with van der Waals surface area (Å²) < 4.78 is 1.88. The molecule has 20 heavy (non-hydrogen) atoms. The predicted octanol–water partition coefficient (Wildman–Crippen LogP) is 1.84. The van der Waals surface area contributed by atoms with Crippen molar-refractivity contribution in [1.29, 1.82) is 5.26 Å². The molecule has 2 aromatic rings. The molecule has 0 fully saturated rings. The average molecular weight is 271 g/mol. The van der Waals surface area contributed by atoms with Gasteiger partial charge in [0.25, 0.3) is 5.69 Å². The molecular formula is C13H13N5O2. The summed E-state index contributed by atoms with van der Waals surface area (Å²) in [6, 6.07) is 6.38. The molecule has 0 unspecified atom stereocenters. The molecule has 2 rings (SSSR count). The fourth-order valence-corrected chi connectivity index (χ4v) is 1.86. The number of aromatic nitrogens is 2. The molecule has 0 bridgehead atoms. The Hall–Kier alpha value is -2.88. The largest absolute Gasteiger partial charge is 0.367 e. The van der Waals surface area contributed by atoms with Crippen LogP contribution in [0.4, 0.5) is 11.4 Å². The topological polar surface area (TPSA) is 88.0 Å². The minimum Gasteiger partial charge on any atom is -0.367 e. The van der Waals surface area contributed by atoms with Gasteiger partial charge in [0.1, 0.15) is 17.5 Å². The lowest BCUT2D eigenvalue weighted by atomic mass is 10.1. The van der Waals surface area contributed by atoms with E-state index in [2.05, 4.69) is 4.98 Å². The minimum absolute atomic E-state index is 0.0594. The fourth-order valence-electron chi connectivity index (χ4n) is 1.86. The van der Waals surface area contributed by atoms with Crippen LogP contribution in [0.3, 0.4) is 0 Å². The molecule has 1 aromatic heterocycles. The van der Waals surface area contributed by atoms with Gasteiger partial charge in [0.05, 0.1) is 11.5 Å². The number of imidazole rings is 1. The molecule has 0 saturated heterocycles. The molecule has 102 valence electrons. The van der Waals surface area contributed by atoms with Gasteiger partial charge >= 0.3 is 0 Å². The SMILES string of the molecule is CN(Cc1nccn1C)c1ccc(C#N)c([N+](=O)[O-])c1. The maximum absolute atomic E-state index is 10.9. The van der Waals surface area contributed by atoms with Gasteiger partial charge in [-0.2, -0.15) is 5.26 Å². The van der Waals surface area contributed by atoms with Crippen molar-refractivity contribution in [3.05, 3.63) is 52.1 Å². The second-order valence-electron chi connectivity index (χ2n) is 4.38. The van der Waals surface area contributed by atoms with Gasteiger partial charge in [-0.05, 0) is 12.1 Å². The van der Waals surface area contributed by atoms with Gasteiger partial charge in [-0.15, -0.1) is 0 Å². The molecule has 0 atom stereocenters. The first-order valence-corrected chi connectivity index (χ1v) is 5.89. The number of nitrogens with zero attached hydrogens (tertiary/aromatic N) is 5. The van der Waals surface area contributed by atoms with Crippen molar-refractivity contribution in [2.75, 3.05) is 11.9 Å². The summed E-state index contributed by atoms with van der Waals surface area (Å²) in [4.78, 5) is 16.5. The molecule has 7 nitrogen and oxygen atoms in total. The molecule has 0 saturated carbocycles. The summed E-state index contributed by atoms with van der Waals surface area (Å²) in [5.74, 6) is 0.847. The second-order valence-corrected chi connectivity index (χ2v) is 4.38. The molecule has 0 aliphatic heterocycles. The second kappa shape index (κ2) is 5.40. The van der Waals surface area contributed by atoms with Crippen molar-refractivity contribution in [3.63, 3.8) is 0 Å². The van der Waals surface area contributed by atoms with Crippen LogP contribution in [0.15, 0.2) is 30.6 Å². The molecule has 1 aromatic carbocycles. The molecular weight excluding hydrogens is 258 g/mol. The maximum Gasteiger partial charge on any atom is 0.289 e. The third kappa shape index (κ3) is 2.59. The van der Waals surface area contributed by atoms with Crippen molar-refractivity contribution in [1.82, 2.24) is 9.55 Å². The Morgan fingerprint density at radius 2 is 2.30 bits per heavy atom. The van der Waals surface area contributed by atoms with Gasteiger partial charge in [0.2, 0.25) is 0 Å². The Balaban J connectivity index is 2.29. The van der Waals surface area contributed by atoms with Crippen LogP contribution in [0.25, 0.3) is 0 Å². The number of nitriles is 1. The third-order valence-corrected chi connectivity index (χ3v) is 3.04. The Morgan fingerprint density at radius 3 is 2.85 bits per heavy atom. The van der Waals surface area contributed by atoms with Crippen LogP contribution in [0.5, 0.6) is 0 Å². The quantitative estimate of drug-likeness (QED) is 0.625. The Morgan fingerprint density at radius 1 is 1.55 bits per heavy atom. The van der Waals surface area contributed by atoms with Gasteiger partial charge in [-0.1, -0.05) is 0 Å². The number of aryl methyl sites for hydroxylation is 1. The first-order chi connectivity index (χ1) is 9.52. The van der Waals surface area contributed by atoms with E-state index < -0.39 is 4.92 Å². The molecule has 0 aliphatic rings. The van der Waals surface area contributed by atoms with Gasteiger partial charge < -0.3 is 9.47 Å². The van der Waals surface area contributed by atoms with E-state index in [0.29, 0.717) is 12.2 Å².